The van der Waals surface area contributed by atoms with Crippen LogP contribution in [0.4, 0.5) is 0 Å². The lowest BCUT2D eigenvalue weighted by molar-refractivity contribution is -0.163. The van der Waals surface area contributed by atoms with Crippen LogP contribution in [0.25, 0.3) is 0 Å². The molecule has 0 amide bonds. The van der Waals surface area contributed by atoms with Gasteiger partial charge < -0.3 is 14.2 Å². The van der Waals surface area contributed by atoms with Crippen LogP contribution < -0.4 is 0 Å². The van der Waals surface area contributed by atoms with E-state index in [1.807, 2.05) is 20.8 Å². The lowest BCUT2D eigenvalue weighted by atomic mass is 9.89. The van der Waals surface area contributed by atoms with Gasteiger partial charge in [0, 0.05) is 5.92 Å². The fourth-order valence-electron chi connectivity index (χ4n) is 2.30. The Kier molecular flexibility index (Phi) is 2.80. The Bertz CT molecular complexity index is 310. The Labute approximate surface area is 95.6 Å². The molecule has 2 saturated heterocycles. The Morgan fingerprint density at radius 3 is 2.69 bits per heavy atom. The highest BCUT2D eigenvalue weighted by Gasteiger charge is 2.48. The molecule has 4 nitrogen and oxygen atoms in total. The Morgan fingerprint density at radius 1 is 1.50 bits per heavy atom. The maximum Gasteiger partial charge on any atom is 0.309 e. The third kappa shape index (κ3) is 1.87. The van der Waals surface area contributed by atoms with Gasteiger partial charge in [-0.2, -0.15) is 0 Å². The first-order valence-electron chi connectivity index (χ1n) is 5.59. The van der Waals surface area contributed by atoms with Gasteiger partial charge in [-0.15, -0.1) is 6.58 Å². The fourth-order valence-corrected chi connectivity index (χ4v) is 2.30. The molecular formula is C12H18O4. The van der Waals surface area contributed by atoms with E-state index in [1.54, 1.807) is 6.08 Å². The molecule has 0 spiro atoms. The SMILES string of the molecule is C=C[C@@H]1[C@H]([C@H]2COC(C)(C)O2)OC(=O)[C@H]1C. The van der Waals surface area contributed by atoms with Crippen molar-refractivity contribution < 1.29 is 19.0 Å². The first kappa shape index (κ1) is 11.6. The predicted molar refractivity (Wildman–Crippen MR) is 57.6 cm³/mol. The molecule has 0 aromatic heterocycles. The highest BCUT2D eigenvalue weighted by molar-refractivity contribution is 5.75. The maximum absolute atomic E-state index is 11.5. The van der Waals surface area contributed by atoms with Crippen LogP contribution in [0, 0.1) is 11.8 Å². The summed E-state index contributed by atoms with van der Waals surface area (Å²) in [5, 5.41) is 0. The molecule has 0 saturated carbocycles. The minimum Gasteiger partial charge on any atom is -0.459 e. The standard InChI is InChI=1S/C12H18O4/c1-5-8-7(2)11(13)15-10(8)9-6-14-12(3,4)16-9/h5,7-10H,1,6H2,2-4H3/t7-,8-,9+,10+/m0/s1. The van der Waals surface area contributed by atoms with E-state index in [9.17, 15) is 4.79 Å². The summed E-state index contributed by atoms with van der Waals surface area (Å²) in [6.45, 7) is 9.79. The average Bonchev–Trinajstić information content (AvgIpc) is 2.69. The summed E-state index contributed by atoms with van der Waals surface area (Å²) in [5.74, 6) is -0.901. The first-order valence-corrected chi connectivity index (χ1v) is 5.59. The van der Waals surface area contributed by atoms with E-state index in [4.69, 9.17) is 14.2 Å². The number of rotatable bonds is 2. The summed E-state index contributed by atoms with van der Waals surface area (Å²) in [6.07, 6.45) is 1.32. The monoisotopic (exact) mass is 226 g/mol. The summed E-state index contributed by atoms with van der Waals surface area (Å²) < 4.78 is 16.5. The van der Waals surface area contributed by atoms with E-state index in [2.05, 4.69) is 6.58 Å². The largest absolute Gasteiger partial charge is 0.459 e. The number of carbonyl (C=O) groups is 1. The number of hydrogen-bond donors (Lipinski definition) is 0. The second-order valence-corrected chi connectivity index (χ2v) is 4.87. The zero-order chi connectivity index (χ0) is 11.9. The lowest BCUT2D eigenvalue weighted by Gasteiger charge is -2.23. The first-order chi connectivity index (χ1) is 7.44. The minimum absolute atomic E-state index is 0.00926. The molecular weight excluding hydrogens is 208 g/mol. The number of hydrogen-bond acceptors (Lipinski definition) is 4. The zero-order valence-electron chi connectivity index (χ0n) is 9.93. The fraction of sp³-hybridized carbons (Fsp3) is 0.750. The quantitative estimate of drug-likeness (QED) is 0.528. The van der Waals surface area contributed by atoms with Crippen LogP contribution in [0.5, 0.6) is 0 Å². The normalized spacial score (nSPS) is 42.1. The molecule has 0 aliphatic carbocycles. The molecule has 2 aliphatic heterocycles. The van der Waals surface area contributed by atoms with Crippen LogP contribution in [0.1, 0.15) is 20.8 Å². The van der Waals surface area contributed by atoms with Crippen LogP contribution in [-0.4, -0.2) is 30.6 Å². The van der Waals surface area contributed by atoms with E-state index < -0.39 is 5.79 Å². The van der Waals surface area contributed by atoms with Crippen molar-refractivity contribution in [2.75, 3.05) is 6.61 Å². The molecule has 0 aromatic carbocycles. The molecule has 0 aromatic rings. The minimum atomic E-state index is -0.589. The van der Waals surface area contributed by atoms with Gasteiger partial charge in [0.25, 0.3) is 0 Å². The third-order valence-electron chi connectivity index (χ3n) is 3.25. The summed E-state index contributed by atoms with van der Waals surface area (Å²) >= 11 is 0. The van der Waals surface area contributed by atoms with Gasteiger partial charge in [-0.1, -0.05) is 13.0 Å². The van der Waals surface area contributed by atoms with Crippen molar-refractivity contribution in [3.63, 3.8) is 0 Å². The summed E-state index contributed by atoms with van der Waals surface area (Å²) in [6, 6.07) is 0. The van der Waals surface area contributed by atoms with Crippen molar-refractivity contribution >= 4 is 5.97 Å². The van der Waals surface area contributed by atoms with Crippen molar-refractivity contribution in [3.8, 4) is 0 Å². The molecule has 0 unspecified atom stereocenters. The van der Waals surface area contributed by atoms with Crippen molar-refractivity contribution in [1.29, 1.82) is 0 Å². The van der Waals surface area contributed by atoms with Crippen molar-refractivity contribution in [3.05, 3.63) is 12.7 Å². The van der Waals surface area contributed by atoms with Crippen LogP contribution in [0.2, 0.25) is 0 Å². The van der Waals surface area contributed by atoms with Crippen LogP contribution >= 0.6 is 0 Å². The molecule has 2 aliphatic rings. The highest BCUT2D eigenvalue weighted by Crippen LogP contribution is 2.36. The van der Waals surface area contributed by atoms with E-state index in [-0.39, 0.29) is 30.0 Å². The van der Waals surface area contributed by atoms with Gasteiger partial charge in [-0.05, 0) is 13.8 Å². The van der Waals surface area contributed by atoms with Crippen molar-refractivity contribution in [2.24, 2.45) is 11.8 Å². The van der Waals surface area contributed by atoms with E-state index >= 15 is 0 Å². The molecule has 2 heterocycles. The molecule has 2 fully saturated rings. The molecule has 2 rings (SSSR count). The molecule has 90 valence electrons. The molecule has 0 radical (unpaired) electrons. The van der Waals surface area contributed by atoms with Gasteiger partial charge in [0.05, 0.1) is 12.5 Å². The maximum atomic E-state index is 11.5. The van der Waals surface area contributed by atoms with Crippen molar-refractivity contribution in [2.45, 2.75) is 38.8 Å². The zero-order valence-corrected chi connectivity index (χ0v) is 9.93. The predicted octanol–water partition coefficient (Wildman–Crippen LogP) is 1.50. The van der Waals surface area contributed by atoms with Gasteiger partial charge >= 0.3 is 5.97 Å². The van der Waals surface area contributed by atoms with E-state index in [1.165, 1.54) is 0 Å². The summed E-state index contributed by atoms with van der Waals surface area (Å²) in [5.41, 5.74) is 0. The lowest BCUT2D eigenvalue weighted by Crippen LogP contribution is -2.35. The highest BCUT2D eigenvalue weighted by atomic mass is 16.8. The van der Waals surface area contributed by atoms with E-state index in [0.29, 0.717) is 6.61 Å². The second kappa shape index (κ2) is 3.86. The second-order valence-electron chi connectivity index (χ2n) is 4.87. The van der Waals surface area contributed by atoms with E-state index in [0.717, 1.165) is 0 Å². The molecule has 16 heavy (non-hydrogen) atoms. The number of cyclic esters (lactones) is 1. The molecule has 4 heteroatoms. The van der Waals surface area contributed by atoms with Crippen LogP contribution in [-0.2, 0) is 19.0 Å². The van der Waals surface area contributed by atoms with Gasteiger partial charge in [-0.25, -0.2) is 0 Å². The number of carbonyl (C=O) groups excluding carboxylic acids is 1. The third-order valence-corrected chi connectivity index (χ3v) is 3.25. The smallest absolute Gasteiger partial charge is 0.309 e. The Hall–Kier alpha value is -0.870. The average molecular weight is 226 g/mol. The molecule has 4 atom stereocenters. The van der Waals surface area contributed by atoms with Crippen molar-refractivity contribution in [1.82, 2.24) is 0 Å². The van der Waals surface area contributed by atoms with Gasteiger partial charge in [0.15, 0.2) is 5.79 Å². The van der Waals surface area contributed by atoms with Gasteiger partial charge in [0.1, 0.15) is 12.2 Å². The number of ether oxygens (including phenoxy) is 3. The van der Waals surface area contributed by atoms with Crippen LogP contribution in [0.15, 0.2) is 12.7 Å². The Morgan fingerprint density at radius 2 is 2.19 bits per heavy atom. The Balaban J connectivity index is 2.10. The topological polar surface area (TPSA) is 44.8 Å². The van der Waals surface area contributed by atoms with Crippen LogP contribution in [0.3, 0.4) is 0 Å². The molecule has 0 N–H and O–H groups in total. The van der Waals surface area contributed by atoms with Gasteiger partial charge in [-0.3, -0.25) is 4.79 Å². The number of esters is 1. The summed E-state index contributed by atoms with van der Waals surface area (Å²) in [4.78, 5) is 11.5. The molecule has 0 bridgehead atoms. The van der Waals surface area contributed by atoms with Gasteiger partial charge in [0.2, 0.25) is 0 Å². The summed E-state index contributed by atoms with van der Waals surface area (Å²) in [7, 11) is 0.